The Kier molecular flexibility index (Phi) is 9.21. The molecule has 11 nitrogen and oxygen atoms in total. The number of nitrogens with zero attached hydrogens (tertiary/aromatic N) is 3. The standard InChI is InChI=1S/C32H33Cl2FN6O5/c33-21-6-3-18(13-22(21)34)17-36-26-16-27(42)41(32(46)38-26)8-2-1-7-39-9-11-40(12-10-39)25-15-24-20(14-23(25)35)30(43)28(31(44)45)29(37-24)19-4-5-19/h3,6,13-16,19,36H,1-2,4-5,7-12,17H2,(H,37,43)(H,38,46)(H,44,45). The smallest absolute Gasteiger partial charge is 0.341 e. The zero-order valence-corrected chi connectivity index (χ0v) is 26.4. The molecule has 3 heterocycles. The summed E-state index contributed by atoms with van der Waals surface area (Å²) in [5.74, 6) is -1.53. The van der Waals surface area contributed by atoms with Gasteiger partial charge in [-0.1, -0.05) is 29.3 Å². The van der Waals surface area contributed by atoms with Crippen LogP contribution in [0.5, 0.6) is 0 Å². The molecule has 2 fully saturated rings. The predicted octanol–water partition coefficient (Wildman–Crippen LogP) is 4.61. The Morgan fingerprint density at radius 1 is 0.957 bits per heavy atom. The Morgan fingerprint density at radius 2 is 1.70 bits per heavy atom. The fraction of sp³-hybridized carbons (Fsp3) is 0.375. The first kappa shape index (κ1) is 31.8. The van der Waals surface area contributed by atoms with Crippen LogP contribution in [0.1, 0.15) is 53.2 Å². The van der Waals surface area contributed by atoms with Gasteiger partial charge >= 0.3 is 11.7 Å². The number of piperazine rings is 1. The lowest BCUT2D eigenvalue weighted by atomic mass is 10.0. The molecule has 0 unspecified atom stereocenters. The Balaban J connectivity index is 1.01. The van der Waals surface area contributed by atoms with E-state index in [0.717, 1.165) is 37.4 Å². The quantitative estimate of drug-likeness (QED) is 0.169. The third-order valence-corrected chi connectivity index (χ3v) is 9.34. The molecule has 1 saturated carbocycles. The van der Waals surface area contributed by atoms with Gasteiger partial charge in [0.1, 0.15) is 17.2 Å². The third-order valence-electron chi connectivity index (χ3n) is 8.60. The number of aromatic amines is 2. The van der Waals surface area contributed by atoms with Crippen LogP contribution in [-0.4, -0.2) is 63.2 Å². The van der Waals surface area contributed by atoms with Gasteiger partial charge in [0.25, 0.3) is 5.56 Å². The van der Waals surface area contributed by atoms with E-state index in [1.807, 2.05) is 4.90 Å². The van der Waals surface area contributed by atoms with Crippen molar-refractivity contribution in [2.24, 2.45) is 0 Å². The second-order valence-corrected chi connectivity index (χ2v) is 12.6. The van der Waals surface area contributed by atoms with Crippen molar-refractivity contribution in [3.8, 4) is 0 Å². The maximum Gasteiger partial charge on any atom is 0.341 e. The summed E-state index contributed by atoms with van der Waals surface area (Å²) in [6.45, 7) is 3.94. The Labute approximate surface area is 272 Å². The summed E-state index contributed by atoms with van der Waals surface area (Å²) in [7, 11) is 0. The highest BCUT2D eigenvalue weighted by Crippen LogP contribution is 2.41. The van der Waals surface area contributed by atoms with E-state index < -0.39 is 28.5 Å². The van der Waals surface area contributed by atoms with Gasteiger partial charge in [-0.2, -0.15) is 0 Å². The highest BCUT2D eigenvalue weighted by molar-refractivity contribution is 6.42. The fourth-order valence-corrected chi connectivity index (χ4v) is 6.26. The maximum absolute atomic E-state index is 15.2. The summed E-state index contributed by atoms with van der Waals surface area (Å²) in [5.41, 5.74) is 0.251. The van der Waals surface area contributed by atoms with Crippen LogP contribution >= 0.6 is 23.2 Å². The number of fused-ring (bicyclic) bond motifs is 1. The van der Waals surface area contributed by atoms with Crippen molar-refractivity contribution < 1.29 is 14.3 Å². The van der Waals surface area contributed by atoms with Gasteiger partial charge in [-0.3, -0.25) is 24.0 Å². The van der Waals surface area contributed by atoms with Gasteiger partial charge in [-0.25, -0.2) is 14.0 Å². The van der Waals surface area contributed by atoms with Crippen molar-refractivity contribution in [1.82, 2.24) is 19.4 Å². The molecule has 0 amide bonds. The number of anilines is 2. The van der Waals surface area contributed by atoms with Gasteiger partial charge in [0.2, 0.25) is 5.43 Å². The van der Waals surface area contributed by atoms with Crippen LogP contribution in [0.15, 0.2) is 50.8 Å². The molecule has 4 N–H and O–H groups in total. The number of H-pyrrole nitrogens is 2. The number of hydrogen-bond donors (Lipinski definition) is 4. The lowest BCUT2D eigenvalue weighted by molar-refractivity contribution is 0.0694. The molecule has 0 atom stereocenters. The number of carboxylic acid groups (broad SMARTS) is 1. The molecule has 242 valence electrons. The molecule has 0 bridgehead atoms. The molecular formula is C32H33Cl2FN6O5. The zero-order chi connectivity index (χ0) is 32.5. The molecule has 2 aliphatic rings. The normalized spacial score (nSPS) is 15.4. The average molecular weight is 672 g/mol. The fourth-order valence-electron chi connectivity index (χ4n) is 5.94. The van der Waals surface area contributed by atoms with Crippen LogP contribution in [0.4, 0.5) is 15.9 Å². The number of pyridine rings is 1. The van der Waals surface area contributed by atoms with E-state index in [1.165, 1.54) is 10.6 Å². The second kappa shape index (κ2) is 13.3. The lowest BCUT2D eigenvalue weighted by Crippen LogP contribution is -2.47. The Bertz CT molecular complexity index is 1950. The summed E-state index contributed by atoms with van der Waals surface area (Å²) in [6, 6.07) is 9.31. The van der Waals surface area contributed by atoms with Crippen molar-refractivity contribution in [2.45, 2.75) is 44.7 Å². The molecule has 2 aromatic heterocycles. The Morgan fingerprint density at radius 3 is 2.37 bits per heavy atom. The van der Waals surface area contributed by atoms with Gasteiger partial charge in [-0.15, -0.1) is 0 Å². The summed E-state index contributed by atoms with van der Waals surface area (Å²) in [6.07, 6.45) is 3.03. The average Bonchev–Trinajstić information content (AvgIpc) is 3.87. The van der Waals surface area contributed by atoms with Gasteiger partial charge in [0.05, 0.1) is 21.2 Å². The van der Waals surface area contributed by atoms with Crippen LogP contribution in [-0.2, 0) is 13.1 Å². The van der Waals surface area contributed by atoms with Gasteiger partial charge in [-0.05, 0) is 62.1 Å². The number of nitrogens with one attached hydrogen (secondary N) is 3. The van der Waals surface area contributed by atoms with E-state index in [-0.39, 0.29) is 23.4 Å². The van der Waals surface area contributed by atoms with Crippen LogP contribution < -0.4 is 26.9 Å². The molecule has 14 heteroatoms. The van der Waals surface area contributed by atoms with Crippen LogP contribution in [0, 0.1) is 5.82 Å². The zero-order valence-electron chi connectivity index (χ0n) is 24.9. The van der Waals surface area contributed by atoms with E-state index >= 15 is 4.39 Å². The van der Waals surface area contributed by atoms with Crippen molar-refractivity contribution in [3.63, 3.8) is 0 Å². The summed E-state index contributed by atoms with van der Waals surface area (Å²) < 4.78 is 16.4. The first-order chi connectivity index (χ1) is 22.1. The topological polar surface area (TPSA) is 144 Å². The number of aromatic carboxylic acids is 1. The molecule has 0 radical (unpaired) electrons. The predicted molar refractivity (Wildman–Crippen MR) is 176 cm³/mol. The molecule has 1 aliphatic carbocycles. The first-order valence-electron chi connectivity index (χ1n) is 15.2. The molecule has 4 aromatic rings. The second-order valence-electron chi connectivity index (χ2n) is 11.8. The van der Waals surface area contributed by atoms with Gasteiger partial charge in [0.15, 0.2) is 0 Å². The largest absolute Gasteiger partial charge is 0.477 e. The number of rotatable bonds is 11. The van der Waals surface area contributed by atoms with E-state index in [9.17, 15) is 24.3 Å². The van der Waals surface area contributed by atoms with Crippen molar-refractivity contribution in [3.05, 3.63) is 100 Å². The van der Waals surface area contributed by atoms with Crippen molar-refractivity contribution in [1.29, 1.82) is 0 Å². The number of benzene rings is 2. The SMILES string of the molecule is O=C(O)c1c(C2CC2)[nH]c2cc(N3CCN(CCCCn4c(=O)cc(NCc5ccc(Cl)c(Cl)c5)[nH]c4=O)CC3)c(F)cc2c1=O. The number of aromatic nitrogens is 3. The van der Waals surface area contributed by atoms with Crippen LogP contribution in [0.25, 0.3) is 10.9 Å². The number of unbranched alkanes of at least 4 members (excludes halogenated alkanes) is 1. The summed E-state index contributed by atoms with van der Waals surface area (Å²) in [4.78, 5) is 60.0. The van der Waals surface area contributed by atoms with E-state index in [1.54, 1.807) is 24.3 Å². The highest BCUT2D eigenvalue weighted by Gasteiger charge is 2.32. The highest BCUT2D eigenvalue weighted by atomic mass is 35.5. The number of carboxylic acids is 1. The number of carbonyl (C=O) groups is 1. The van der Waals surface area contributed by atoms with E-state index in [2.05, 4.69) is 20.2 Å². The van der Waals surface area contributed by atoms with Crippen LogP contribution in [0.2, 0.25) is 10.0 Å². The third kappa shape index (κ3) is 6.84. The lowest BCUT2D eigenvalue weighted by Gasteiger charge is -2.36. The van der Waals surface area contributed by atoms with Crippen molar-refractivity contribution in [2.75, 3.05) is 42.9 Å². The number of halogens is 3. The van der Waals surface area contributed by atoms with Gasteiger partial charge < -0.3 is 20.3 Å². The van der Waals surface area contributed by atoms with E-state index in [0.29, 0.717) is 71.9 Å². The minimum Gasteiger partial charge on any atom is -0.477 e. The summed E-state index contributed by atoms with van der Waals surface area (Å²) >= 11 is 12.0. The van der Waals surface area contributed by atoms with Crippen LogP contribution in [0.3, 0.4) is 0 Å². The van der Waals surface area contributed by atoms with Gasteiger partial charge in [0, 0.05) is 62.3 Å². The van der Waals surface area contributed by atoms with E-state index in [4.69, 9.17) is 23.2 Å². The van der Waals surface area contributed by atoms with Crippen molar-refractivity contribution >= 4 is 51.6 Å². The molecule has 46 heavy (non-hydrogen) atoms. The minimum atomic E-state index is -1.30. The molecule has 1 saturated heterocycles. The molecule has 1 aliphatic heterocycles. The minimum absolute atomic E-state index is 0.0137. The molecule has 0 spiro atoms. The Hall–Kier alpha value is -4.13. The monoisotopic (exact) mass is 670 g/mol. The maximum atomic E-state index is 15.2. The molecular weight excluding hydrogens is 638 g/mol. The number of hydrogen-bond acceptors (Lipinski definition) is 7. The first-order valence-corrected chi connectivity index (χ1v) is 16.0. The summed E-state index contributed by atoms with van der Waals surface area (Å²) in [5, 5.41) is 13.5. The molecule has 2 aromatic carbocycles. The molecule has 6 rings (SSSR count).